The number of hydrogen-bond donors (Lipinski definition) is 2. The Morgan fingerprint density at radius 3 is 2.73 bits per heavy atom. The lowest BCUT2D eigenvalue weighted by atomic mass is 10.1. The summed E-state index contributed by atoms with van der Waals surface area (Å²) in [5.74, 6) is 0.508. The second-order valence-electron chi connectivity index (χ2n) is 5.44. The maximum atomic E-state index is 11.8. The summed E-state index contributed by atoms with van der Waals surface area (Å²) in [6, 6.07) is 10.6. The summed E-state index contributed by atoms with van der Waals surface area (Å²) in [6.07, 6.45) is -0.650. The standard InChI is InChI=1S/C19H21NO6/c1-13(2)18(22)25-10-8-20-19(23)26-15-6-7-16-14(12-15)4-3-5-17(16)24-11-9-21/h3-7,12,21H,1,8-11H2,2H3,(H,20,23). The summed E-state index contributed by atoms with van der Waals surface area (Å²) in [5, 5.41) is 13.0. The van der Waals surface area contributed by atoms with Crippen LogP contribution in [0.5, 0.6) is 11.5 Å². The van der Waals surface area contributed by atoms with Crippen molar-refractivity contribution >= 4 is 22.8 Å². The molecule has 7 nitrogen and oxygen atoms in total. The predicted molar refractivity (Wildman–Crippen MR) is 96.3 cm³/mol. The zero-order valence-corrected chi connectivity index (χ0v) is 14.5. The van der Waals surface area contributed by atoms with Gasteiger partial charge in [0.2, 0.25) is 0 Å². The normalized spacial score (nSPS) is 10.2. The monoisotopic (exact) mass is 359 g/mol. The van der Waals surface area contributed by atoms with Gasteiger partial charge in [-0.25, -0.2) is 9.59 Å². The number of nitrogens with one attached hydrogen (secondary N) is 1. The van der Waals surface area contributed by atoms with Crippen molar-refractivity contribution in [3.05, 3.63) is 48.6 Å². The van der Waals surface area contributed by atoms with E-state index in [0.29, 0.717) is 17.1 Å². The van der Waals surface area contributed by atoms with Crippen LogP contribution in [0.2, 0.25) is 0 Å². The first-order valence-electron chi connectivity index (χ1n) is 8.06. The minimum atomic E-state index is -0.650. The molecular weight excluding hydrogens is 338 g/mol. The first-order valence-corrected chi connectivity index (χ1v) is 8.06. The molecule has 7 heteroatoms. The molecule has 0 spiro atoms. The van der Waals surface area contributed by atoms with Crippen molar-refractivity contribution in [3.63, 3.8) is 0 Å². The van der Waals surface area contributed by atoms with Crippen molar-refractivity contribution in [1.29, 1.82) is 0 Å². The average molecular weight is 359 g/mol. The van der Waals surface area contributed by atoms with Gasteiger partial charge in [-0.3, -0.25) is 0 Å². The van der Waals surface area contributed by atoms with E-state index >= 15 is 0 Å². The van der Waals surface area contributed by atoms with Gasteiger partial charge in [-0.15, -0.1) is 0 Å². The van der Waals surface area contributed by atoms with E-state index in [9.17, 15) is 9.59 Å². The Bertz CT molecular complexity index is 802. The smallest absolute Gasteiger partial charge is 0.412 e. The van der Waals surface area contributed by atoms with Gasteiger partial charge in [0.05, 0.1) is 13.2 Å². The SMILES string of the molecule is C=C(C)C(=O)OCCNC(=O)Oc1ccc2c(OCCO)cccc2c1. The van der Waals surface area contributed by atoms with E-state index in [1.165, 1.54) is 0 Å². The van der Waals surface area contributed by atoms with E-state index in [2.05, 4.69) is 11.9 Å². The number of carbonyl (C=O) groups excluding carboxylic acids is 2. The minimum absolute atomic E-state index is 0.0318. The van der Waals surface area contributed by atoms with Gasteiger partial charge < -0.3 is 24.6 Å². The van der Waals surface area contributed by atoms with Gasteiger partial charge in [-0.05, 0) is 36.6 Å². The fourth-order valence-corrected chi connectivity index (χ4v) is 2.14. The van der Waals surface area contributed by atoms with E-state index in [1.807, 2.05) is 12.1 Å². The van der Waals surface area contributed by atoms with Gasteiger partial charge in [-0.1, -0.05) is 18.7 Å². The number of hydrogen-bond acceptors (Lipinski definition) is 6. The van der Waals surface area contributed by atoms with Gasteiger partial charge in [0, 0.05) is 11.0 Å². The highest BCUT2D eigenvalue weighted by Crippen LogP contribution is 2.28. The Balaban J connectivity index is 1.91. The van der Waals surface area contributed by atoms with Crippen LogP contribution in [-0.2, 0) is 9.53 Å². The molecule has 0 aromatic heterocycles. The maximum Gasteiger partial charge on any atom is 0.412 e. The maximum absolute atomic E-state index is 11.8. The molecule has 0 aliphatic heterocycles. The van der Waals surface area contributed by atoms with E-state index < -0.39 is 12.1 Å². The molecule has 0 radical (unpaired) electrons. The summed E-state index contributed by atoms with van der Waals surface area (Å²) in [4.78, 5) is 23.0. The Morgan fingerprint density at radius 1 is 1.19 bits per heavy atom. The van der Waals surface area contributed by atoms with E-state index in [0.717, 1.165) is 10.8 Å². The second-order valence-corrected chi connectivity index (χ2v) is 5.44. The molecule has 1 amide bonds. The molecule has 2 rings (SSSR count). The molecule has 0 saturated carbocycles. The number of aliphatic hydroxyl groups is 1. The Morgan fingerprint density at radius 2 is 2.00 bits per heavy atom. The van der Waals surface area contributed by atoms with Crippen LogP contribution in [0.3, 0.4) is 0 Å². The molecule has 0 fully saturated rings. The molecule has 0 aliphatic carbocycles. The highest BCUT2D eigenvalue weighted by Gasteiger charge is 2.08. The third-order valence-corrected chi connectivity index (χ3v) is 3.32. The topological polar surface area (TPSA) is 94.1 Å². The lowest BCUT2D eigenvalue weighted by molar-refractivity contribution is -0.138. The van der Waals surface area contributed by atoms with Gasteiger partial charge >= 0.3 is 12.1 Å². The summed E-state index contributed by atoms with van der Waals surface area (Å²) in [5.41, 5.74) is 0.297. The van der Waals surface area contributed by atoms with Crippen LogP contribution in [0.15, 0.2) is 48.6 Å². The van der Waals surface area contributed by atoms with Crippen molar-refractivity contribution in [1.82, 2.24) is 5.32 Å². The number of carbonyl (C=O) groups is 2. The molecule has 0 unspecified atom stereocenters. The lowest BCUT2D eigenvalue weighted by Gasteiger charge is -2.10. The number of aliphatic hydroxyl groups excluding tert-OH is 1. The zero-order valence-electron chi connectivity index (χ0n) is 14.5. The van der Waals surface area contributed by atoms with Crippen LogP contribution >= 0.6 is 0 Å². The fourth-order valence-electron chi connectivity index (χ4n) is 2.14. The quantitative estimate of drug-likeness (QED) is 0.427. The third-order valence-electron chi connectivity index (χ3n) is 3.32. The van der Waals surface area contributed by atoms with Crippen LogP contribution in [0, 0.1) is 0 Å². The highest BCUT2D eigenvalue weighted by molar-refractivity contribution is 5.90. The summed E-state index contributed by atoms with van der Waals surface area (Å²) < 4.78 is 15.5. The first kappa shape index (κ1) is 19.3. The molecule has 0 aliphatic rings. The summed E-state index contributed by atoms with van der Waals surface area (Å²) >= 11 is 0. The van der Waals surface area contributed by atoms with Crippen molar-refractivity contribution < 1.29 is 28.9 Å². The van der Waals surface area contributed by atoms with E-state index in [1.54, 1.807) is 31.2 Å². The fraction of sp³-hybridized carbons (Fsp3) is 0.263. The Labute approximate surface area is 151 Å². The number of esters is 1. The first-order chi connectivity index (χ1) is 12.5. The molecular formula is C19H21NO6. The van der Waals surface area contributed by atoms with Gasteiger partial charge in [0.15, 0.2) is 0 Å². The van der Waals surface area contributed by atoms with Gasteiger partial charge in [0.25, 0.3) is 0 Å². The Kier molecular flexibility index (Phi) is 6.99. The van der Waals surface area contributed by atoms with E-state index in [-0.39, 0.29) is 26.4 Å². The van der Waals surface area contributed by atoms with Gasteiger partial charge in [0.1, 0.15) is 24.7 Å². The predicted octanol–water partition coefficient (Wildman–Crippen LogP) is 2.42. The molecule has 138 valence electrons. The molecule has 2 N–H and O–H groups in total. The van der Waals surface area contributed by atoms with Gasteiger partial charge in [-0.2, -0.15) is 0 Å². The lowest BCUT2D eigenvalue weighted by Crippen LogP contribution is -2.30. The van der Waals surface area contributed by atoms with Crippen molar-refractivity contribution in [3.8, 4) is 11.5 Å². The molecule has 2 aromatic carbocycles. The third kappa shape index (κ3) is 5.49. The average Bonchev–Trinajstić information content (AvgIpc) is 2.62. The largest absolute Gasteiger partial charge is 0.491 e. The van der Waals surface area contributed by atoms with Crippen LogP contribution < -0.4 is 14.8 Å². The van der Waals surface area contributed by atoms with Crippen LogP contribution in [0.25, 0.3) is 10.8 Å². The molecule has 0 bridgehead atoms. The van der Waals surface area contributed by atoms with Crippen molar-refractivity contribution in [2.75, 3.05) is 26.4 Å². The highest BCUT2D eigenvalue weighted by atomic mass is 16.6. The van der Waals surface area contributed by atoms with Crippen molar-refractivity contribution in [2.24, 2.45) is 0 Å². The number of ether oxygens (including phenoxy) is 3. The van der Waals surface area contributed by atoms with E-state index in [4.69, 9.17) is 19.3 Å². The number of fused-ring (bicyclic) bond motifs is 1. The molecule has 26 heavy (non-hydrogen) atoms. The summed E-state index contributed by atoms with van der Waals surface area (Å²) in [7, 11) is 0. The zero-order chi connectivity index (χ0) is 18.9. The second kappa shape index (κ2) is 9.43. The summed E-state index contributed by atoms with van der Waals surface area (Å²) in [6.45, 7) is 5.31. The number of amides is 1. The van der Waals surface area contributed by atoms with Crippen LogP contribution in [0.4, 0.5) is 4.79 Å². The molecule has 2 aromatic rings. The van der Waals surface area contributed by atoms with Crippen molar-refractivity contribution in [2.45, 2.75) is 6.92 Å². The molecule has 0 heterocycles. The Hall–Kier alpha value is -3.06. The van der Waals surface area contributed by atoms with Crippen LogP contribution in [0.1, 0.15) is 6.92 Å². The molecule has 0 saturated heterocycles. The van der Waals surface area contributed by atoms with Crippen LogP contribution in [-0.4, -0.2) is 43.5 Å². The minimum Gasteiger partial charge on any atom is -0.491 e. The number of rotatable bonds is 8. The molecule has 0 atom stereocenters. The number of benzene rings is 2.